The third kappa shape index (κ3) is 6.83. The Bertz CT molecular complexity index is 1300. The van der Waals surface area contributed by atoms with Crippen LogP contribution in [0, 0.1) is 5.92 Å². The van der Waals surface area contributed by atoms with Crippen molar-refractivity contribution in [1.82, 2.24) is 25.1 Å². The number of amides is 2. The van der Waals surface area contributed by atoms with E-state index in [-0.39, 0.29) is 17.9 Å². The number of hydrogen-bond donors (Lipinski definition) is 2. The van der Waals surface area contributed by atoms with E-state index in [0.717, 1.165) is 16.5 Å². The number of piperazine rings is 1. The lowest BCUT2D eigenvalue weighted by molar-refractivity contribution is -0.142. The Kier molecular flexibility index (Phi) is 9.25. The zero-order valence-electron chi connectivity index (χ0n) is 21.7. The summed E-state index contributed by atoms with van der Waals surface area (Å²) in [5.41, 5.74) is 1.68. The number of benzene rings is 2. The molecule has 1 aliphatic heterocycles. The smallest absolute Gasteiger partial charge is 0.328 e. The fourth-order valence-electron chi connectivity index (χ4n) is 4.33. The molecule has 1 fully saturated rings. The van der Waals surface area contributed by atoms with Crippen LogP contribution in [0.3, 0.4) is 0 Å². The predicted molar refractivity (Wildman–Crippen MR) is 149 cm³/mol. The summed E-state index contributed by atoms with van der Waals surface area (Å²) in [6.07, 6.45) is 0. The number of urea groups is 1. The number of methoxy groups -OCH3 is 1. The van der Waals surface area contributed by atoms with Crippen molar-refractivity contribution < 1.29 is 14.3 Å². The van der Waals surface area contributed by atoms with Gasteiger partial charge in [0.1, 0.15) is 17.7 Å². The van der Waals surface area contributed by atoms with E-state index in [2.05, 4.69) is 15.5 Å². The van der Waals surface area contributed by atoms with Crippen LogP contribution in [0.15, 0.2) is 42.5 Å². The van der Waals surface area contributed by atoms with Crippen molar-refractivity contribution in [2.75, 3.05) is 38.6 Å². The molecule has 0 unspecified atom stereocenters. The summed E-state index contributed by atoms with van der Waals surface area (Å²) in [7, 11) is 1.39. The van der Waals surface area contributed by atoms with Gasteiger partial charge in [-0.15, -0.1) is 0 Å². The van der Waals surface area contributed by atoms with Gasteiger partial charge in [0, 0.05) is 38.1 Å². The Morgan fingerprint density at radius 1 is 1.03 bits per heavy atom. The summed E-state index contributed by atoms with van der Waals surface area (Å²) in [5, 5.41) is 8.02. The highest BCUT2D eigenvalue weighted by molar-refractivity contribution is 6.42. The van der Waals surface area contributed by atoms with Crippen molar-refractivity contribution in [3.05, 3.63) is 63.9 Å². The highest BCUT2D eigenvalue weighted by Crippen LogP contribution is 2.24. The van der Waals surface area contributed by atoms with Crippen molar-refractivity contribution in [2.45, 2.75) is 33.0 Å². The van der Waals surface area contributed by atoms with Crippen molar-refractivity contribution in [3.8, 4) is 0 Å². The number of hydrogen-bond acceptors (Lipinski definition) is 7. The Labute approximate surface area is 232 Å². The van der Waals surface area contributed by atoms with Crippen molar-refractivity contribution in [2.24, 2.45) is 5.92 Å². The van der Waals surface area contributed by atoms with E-state index >= 15 is 0 Å². The molecule has 1 aliphatic rings. The minimum Gasteiger partial charge on any atom is -0.467 e. The largest absolute Gasteiger partial charge is 0.467 e. The highest BCUT2D eigenvalue weighted by Gasteiger charge is 2.25. The van der Waals surface area contributed by atoms with E-state index in [1.165, 1.54) is 7.11 Å². The first-order chi connectivity index (χ1) is 18.2. The number of halogens is 2. The number of aromatic nitrogens is 2. The quantitative estimate of drug-likeness (QED) is 0.390. The number of esters is 1. The number of carbonyl (C=O) groups excluding carboxylic acids is 2. The second-order valence-electron chi connectivity index (χ2n) is 9.57. The third-order valence-corrected chi connectivity index (χ3v) is 7.25. The first-order valence-corrected chi connectivity index (χ1v) is 13.3. The van der Waals surface area contributed by atoms with Gasteiger partial charge in [0.05, 0.1) is 29.2 Å². The van der Waals surface area contributed by atoms with Gasteiger partial charge in [-0.2, -0.15) is 0 Å². The standard InChI is InChI=1S/C27H32Cl2N6O3/c1-17(2)24(26(36)38-3)33-25-19-6-4-5-7-22(19)31-23(32-25)16-34-10-12-35(13-11-34)27(37)30-15-18-8-9-20(28)21(29)14-18/h4-9,14,17,24H,10-13,15-16H2,1-3H3,(H,30,37)(H,31,32,33)/t24-/m0/s1. The third-order valence-electron chi connectivity index (χ3n) is 6.52. The van der Waals surface area contributed by atoms with E-state index in [1.807, 2.05) is 44.2 Å². The molecule has 2 amide bonds. The van der Waals surface area contributed by atoms with Gasteiger partial charge < -0.3 is 20.3 Å². The molecule has 11 heteroatoms. The van der Waals surface area contributed by atoms with Crippen LogP contribution in [0.1, 0.15) is 25.2 Å². The van der Waals surface area contributed by atoms with Gasteiger partial charge in [0.15, 0.2) is 0 Å². The molecule has 1 atom stereocenters. The maximum Gasteiger partial charge on any atom is 0.328 e. The maximum absolute atomic E-state index is 12.7. The van der Waals surface area contributed by atoms with Gasteiger partial charge in [-0.05, 0) is 35.7 Å². The minimum atomic E-state index is -0.530. The molecule has 4 rings (SSSR count). The monoisotopic (exact) mass is 558 g/mol. The number of fused-ring (bicyclic) bond motifs is 1. The Balaban J connectivity index is 1.38. The number of carbonyl (C=O) groups is 2. The lowest BCUT2D eigenvalue weighted by Crippen LogP contribution is -2.51. The van der Waals surface area contributed by atoms with Gasteiger partial charge >= 0.3 is 12.0 Å². The fraction of sp³-hybridized carbons (Fsp3) is 0.407. The van der Waals surface area contributed by atoms with Crippen LogP contribution in [0.2, 0.25) is 10.0 Å². The zero-order chi connectivity index (χ0) is 27.2. The van der Waals surface area contributed by atoms with Gasteiger partial charge in [-0.1, -0.05) is 55.2 Å². The molecule has 9 nitrogen and oxygen atoms in total. The van der Waals surface area contributed by atoms with Gasteiger partial charge in [0.2, 0.25) is 0 Å². The van der Waals surface area contributed by atoms with Gasteiger partial charge in [0.25, 0.3) is 0 Å². The molecular formula is C27H32Cl2N6O3. The average Bonchev–Trinajstić information content (AvgIpc) is 2.92. The molecule has 1 saturated heterocycles. The normalized spacial score (nSPS) is 14.9. The first-order valence-electron chi connectivity index (χ1n) is 12.5. The van der Waals surface area contributed by atoms with Crippen LogP contribution in [-0.4, -0.2) is 71.1 Å². The summed E-state index contributed by atoms with van der Waals surface area (Å²) >= 11 is 12.0. The summed E-state index contributed by atoms with van der Waals surface area (Å²) in [5.74, 6) is 0.930. The van der Waals surface area contributed by atoms with Crippen LogP contribution in [-0.2, 0) is 22.6 Å². The second-order valence-corrected chi connectivity index (χ2v) is 10.4. The molecule has 202 valence electrons. The Morgan fingerprint density at radius 3 is 2.45 bits per heavy atom. The number of rotatable bonds is 8. The molecule has 2 aromatic carbocycles. The van der Waals surface area contributed by atoms with Gasteiger partial charge in [-0.25, -0.2) is 19.6 Å². The van der Waals surface area contributed by atoms with E-state index in [9.17, 15) is 9.59 Å². The van der Waals surface area contributed by atoms with Crippen molar-refractivity contribution in [1.29, 1.82) is 0 Å². The van der Waals surface area contributed by atoms with E-state index in [4.69, 9.17) is 37.9 Å². The van der Waals surface area contributed by atoms with Crippen LogP contribution in [0.25, 0.3) is 10.9 Å². The summed E-state index contributed by atoms with van der Waals surface area (Å²) in [6.45, 7) is 7.37. The lowest BCUT2D eigenvalue weighted by Gasteiger charge is -2.34. The van der Waals surface area contributed by atoms with E-state index in [0.29, 0.717) is 61.0 Å². The highest BCUT2D eigenvalue weighted by atomic mass is 35.5. The Hall–Kier alpha value is -3.14. The minimum absolute atomic E-state index is 0.00975. The van der Waals surface area contributed by atoms with E-state index in [1.54, 1.807) is 17.0 Å². The van der Waals surface area contributed by atoms with Crippen molar-refractivity contribution >= 4 is 51.9 Å². The number of anilines is 1. The molecule has 2 N–H and O–H groups in total. The van der Waals surface area contributed by atoms with Crippen LogP contribution < -0.4 is 10.6 Å². The lowest BCUT2D eigenvalue weighted by atomic mass is 10.0. The molecule has 1 aromatic heterocycles. The molecule has 3 aromatic rings. The molecule has 0 radical (unpaired) electrons. The van der Waals surface area contributed by atoms with Crippen LogP contribution in [0.4, 0.5) is 10.6 Å². The molecule has 0 aliphatic carbocycles. The molecule has 0 saturated carbocycles. The summed E-state index contributed by atoms with van der Waals surface area (Å²) < 4.78 is 4.99. The summed E-state index contributed by atoms with van der Waals surface area (Å²) in [4.78, 5) is 38.6. The number of nitrogens with one attached hydrogen (secondary N) is 2. The Morgan fingerprint density at radius 2 is 1.76 bits per heavy atom. The zero-order valence-corrected chi connectivity index (χ0v) is 23.2. The number of para-hydroxylation sites is 1. The number of nitrogens with zero attached hydrogens (tertiary/aromatic N) is 4. The van der Waals surface area contributed by atoms with Crippen molar-refractivity contribution in [3.63, 3.8) is 0 Å². The number of ether oxygens (including phenoxy) is 1. The second kappa shape index (κ2) is 12.6. The first kappa shape index (κ1) is 27.9. The van der Waals surface area contributed by atoms with Gasteiger partial charge in [-0.3, -0.25) is 4.90 Å². The van der Waals surface area contributed by atoms with E-state index < -0.39 is 6.04 Å². The molecule has 2 heterocycles. The molecule has 0 bridgehead atoms. The van der Waals surface area contributed by atoms with Crippen LogP contribution in [0.5, 0.6) is 0 Å². The fourth-order valence-corrected chi connectivity index (χ4v) is 4.65. The summed E-state index contributed by atoms with van der Waals surface area (Å²) in [6, 6.07) is 12.4. The molecular weight excluding hydrogens is 527 g/mol. The topological polar surface area (TPSA) is 99.7 Å². The van der Waals surface area contributed by atoms with Crippen LogP contribution >= 0.6 is 23.2 Å². The molecule has 38 heavy (non-hydrogen) atoms. The SMILES string of the molecule is COC(=O)[C@@H](Nc1nc(CN2CCN(C(=O)NCc3ccc(Cl)c(Cl)c3)CC2)nc2ccccc12)C(C)C. The molecule has 0 spiro atoms. The maximum atomic E-state index is 12.7. The average molecular weight is 559 g/mol. The predicted octanol–water partition coefficient (Wildman–Crippen LogP) is 4.57.